The monoisotopic (exact) mass is 255 g/mol. The van der Waals surface area contributed by atoms with Gasteiger partial charge in [-0.2, -0.15) is 0 Å². The number of aldehydes is 1. The van der Waals surface area contributed by atoms with Crippen molar-refractivity contribution in [1.29, 1.82) is 0 Å². The number of hydrogen-bond donors (Lipinski definition) is 0. The van der Waals surface area contributed by atoms with E-state index in [4.69, 9.17) is 0 Å². The summed E-state index contributed by atoms with van der Waals surface area (Å²) in [6.45, 7) is 0. The Morgan fingerprint density at radius 2 is 2.21 bits per heavy atom. The summed E-state index contributed by atoms with van der Waals surface area (Å²) in [5.74, 6) is -0.310. The van der Waals surface area contributed by atoms with Crippen LogP contribution in [0.25, 0.3) is 0 Å². The molecule has 1 atom stereocenters. The molecule has 1 heterocycles. The van der Waals surface area contributed by atoms with Gasteiger partial charge in [0.05, 0.1) is 11.3 Å². The fraction of sp³-hybridized carbons (Fsp3) is 0.250. The minimum Gasteiger partial charge on any atom is -0.298 e. The molecule has 0 saturated heterocycles. The van der Waals surface area contributed by atoms with Gasteiger partial charge in [-0.05, 0) is 48.6 Å². The predicted molar refractivity (Wildman–Crippen MR) is 70.8 cm³/mol. The van der Waals surface area contributed by atoms with E-state index in [1.807, 2.05) is 12.1 Å². The van der Waals surface area contributed by atoms with Gasteiger partial charge in [0.2, 0.25) is 0 Å². The summed E-state index contributed by atoms with van der Waals surface area (Å²) in [7, 11) is 0. The van der Waals surface area contributed by atoms with Crippen molar-refractivity contribution in [3.63, 3.8) is 0 Å². The lowest BCUT2D eigenvalue weighted by atomic mass is 9.82. The quantitative estimate of drug-likeness (QED) is 0.769. The van der Waals surface area contributed by atoms with E-state index in [1.165, 1.54) is 11.6 Å². The highest BCUT2D eigenvalue weighted by Gasteiger charge is 2.23. The van der Waals surface area contributed by atoms with Crippen LogP contribution in [0.15, 0.2) is 36.5 Å². The maximum Gasteiger partial charge on any atom is 0.152 e. The molecular weight excluding hydrogens is 241 g/mol. The fourth-order valence-corrected chi connectivity index (χ4v) is 2.79. The second-order valence-corrected chi connectivity index (χ2v) is 4.89. The highest BCUT2D eigenvalue weighted by atomic mass is 19.1. The molecule has 2 nitrogen and oxygen atoms in total. The molecule has 0 amide bonds. The molecule has 1 aliphatic carbocycles. The lowest BCUT2D eigenvalue weighted by molar-refractivity contribution is 0.112. The third-order valence-corrected chi connectivity index (χ3v) is 3.75. The molecule has 1 aliphatic rings. The maximum absolute atomic E-state index is 13.7. The predicted octanol–water partition coefficient (Wildman–Crippen LogP) is 3.50. The lowest BCUT2D eigenvalue weighted by Crippen LogP contribution is -2.13. The van der Waals surface area contributed by atoms with Crippen molar-refractivity contribution in [1.82, 2.24) is 4.98 Å². The number of rotatable bonds is 2. The molecule has 0 fully saturated rings. The molecule has 0 saturated carbocycles. The van der Waals surface area contributed by atoms with E-state index in [9.17, 15) is 9.18 Å². The Morgan fingerprint density at radius 1 is 1.32 bits per heavy atom. The Morgan fingerprint density at radius 3 is 3.00 bits per heavy atom. The zero-order valence-corrected chi connectivity index (χ0v) is 10.5. The molecule has 0 bridgehead atoms. The smallest absolute Gasteiger partial charge is 0.152 e. The van der Waals surface area contributed by atoms with E-state index in [2.05, 4.69) is 11.1 Å². The van der Waals surface area contributed by atoms with Crippen molar-refractivity contribution >= 4 is 6.29 Å². The average Bonchev–Trinajstić information content (AvgIpc) is 2.46. The van der Waals surface area contributed by atoms with Crippen molar-refractivity contribution in [2.24, 2.45) is 0 Å². The van der Waals surface area contributed by atoms with Crippen molar-refractivity contribution in [3.05, 3.63) is 64.7 Å². The number of nitrogens with zero attached hydrogens (tertiary/aromatic N) is 1. The molecule has 0 aliphatic heterocycles. The molecular formula is C16H14FNO. The normalized spacial score (nSPS) is 17.8. The first kappa shape index (κ1) is 12.0. The van der Waals surface area contributed by atoms with Crippen LogP contribution in [0.1, 0.15) is 45.9 Å². The Bertz CT molecular complexity index is 624. The van der Waals surface area contributed by atoms with Gasteiger partial charge in [0, 0.05) is 12.1 Å². The molecule has 1 aromatic heterocycles. The summed E-state index contributed by atoms with van der Waals surface area (Å²) in [5, 5.41) is 0. The van der Waals surface area contributed by atoms with Gasteiger partial charge in [0.1, 0.15) is 5.82 Å². The second-order valence-electron chi connectivity index (χ2n) is 4.89. The fourth-order valence-electron chi connectivity index (χ4n) is 2.79. The molecule has 0 spiro atoms. The maximum atomic E-state index is 13.7. The highest BCUT2D eigenvalue weighted by molar-refractivity contribution is 5.75. The largest absolute Gasteiger partial charge is 0.298 e. The average molecular weight is 255 g/mol. The van der Waals surface area contributed by atoms with Crippen molar-refractivity contribution in [3.8, 4) is 0 Å². The van der Waals surface area contributed by atoms with Gasteiger partial charge in [-0.15, -0.1) is 0 Å². The number of carbonyl (C=O) groups excluding carboxylic acids is 1. The van der Waals surface area contributed by atoms with Crippen LogP contribution >= 0.6 is 0 Å². The summed E-state index contributed by atoms with van der Waals surface area (Å²) in [6, 6.07) is 8.89. The first-order valence-electron chi connectivity index (χ1n) is 6.48. The Balaban J connectivity index is 2.04. The van der Waals surface area contributed by atoms with Crippen molar-refractivity contribution in [2.75, 3.05) is 0 Å². The van der Waals surface area contributed by atoms with Gasteiger partial charge < -0.3 is 0 Å². The van der Waals surface area contributed by atoms with Crippen molar-refractivity contribution < 1.29 is 9.18 Å². The summed E-state index contributed by atoms with van der Waals surface area (Å²) in [6.07, 6.45) is 5.43. The minimum absolute atomic E-state index is 0.112. The van der Waals surface area contributed by atoms with E-state index in [0.717, 1.165) is 30.5 Å². The molecule has 0 radical (unpaired) electrons. The van der Waals surface area contributed by atoms with Gasteiger partial charge in [-0.25, -0.2) is 4.39 Å². The third kappa shape index (κ3) is 2.16. The SMILES string of the molecule is O=Cc1ccc(C2CCCc3cccnc32)cc1F. The molecule has 2 aromatic rings. The van der Waals surface area contributed by atoms with E-state index in [-0.39, 0.29) is 11.5 Å². The van der Waals surface area contributed by atoms with E-state index >= 15 is 0 Å². The van der Waals surface area contributed by atoms with Crippen molar-refractivity contribution in [2.45, 2.75) is 25.2 Å². The lowest BCUT2D eigenvalue weighted by Gasteiger charge is -2.24. The van der Waals surface area contributed by atoms with Crippen LogP contribution in [-0.4, -0.2) is 11.3 Å². The number of aryl methyl sites for hydroxylation is 1. The Kier molecular flexibility index (Phi) is 3.11. The van der Waals surface area contributed by atoms with Crippen LogP contribution in [0.2, 0.25) is 0 Å². The van der Waals surface area contributed by atoms with E-state index in [0.29, 0.717) is 6.29 Å². The van der Waals surface area contributed by atoms with Crippen LogP contribution < -0.4 is 0 Å². The van der Waals surface area contributed by atoms with Crippen LogP contribution in [0, 0.1) is 5.82 Å². The standard InChI is InChI=1S/C16H14FNO/c17-15-9-12(6-7-13(15)10-19)14-5-1-3-11-4-2-8-18-16(11)14/h2,4,6-10,14H,1,3,5H2. The Labute approximate surface area is 111 Å². The number of carbonyl (C=O) groups is 1. The first-order chi connectivity index (χ1) is 9.29. The summed E-state index contributed by atoms with van der Waals surface area (Å²) < 4.78 is 13.7. The summed E-state index contributed by atoms with van der Waals surface area (Å²) >= 11 is 0. The molecule has 96 valence electrons. The molecule has 19 heavy (non-hydrogen) atoms. The van der Waals surface area contributed by atoms with Gasteiger partial charge in [0.25, 0.3) is 0 Å². The zero-order chi connectivity index (χ0) is 13.2. The van der Waals surface area contributed by atoms with Gasteiger partial charge >= 0.3 is 0 Å². The molecule has 1 aromatic carbocycles. The highest BCUT2D eigenvalue weighted by Crippen LogP contribution is 2.35. The third-order valence-electron chi connectivity index (χ3n) is 3.75. The topological polar surface area (TPSA) is 30.0 Å². The van der Waals surface area contributed by atoms with Crippen LogP contribution in [0.5, 0.6) is 0 Å². The summed E-state index contributed by atoms with van der Waals surface area (Å²) in [5.41, 5.74) is 3.31. The van der Waals surface area contributed by atoms with Gasteiger partial charge in [-0.3, -0.25) is 9.78 Å². The van der Waals surface area contributed by atoms with Crippen LogP contribution in [0.3, 0.4) is 0 Å². The Hall–Kier alpha value is -2.03. The van der Waals surface area contributed by atoms with E-state index < -0.39 is 5.82 Å². The number of benzene rings is 1. The number of halogens is 1. The molecule has 1 unspecified atom stereocenters. The molecule has 0 N–H and O–H groups in total. The van der Waals surface area contributed by atoms with Crippen LogP contribution in [-0.2, 0) is 6.42 Å². The summed E-state index contributed by atoms with van der Waals surface area (Å²) in [4.78, 5) is 15.1. The molecule has 3 heteroatoms. The number of fused-ring (bicyclic) bond motifs is 1. The zero-order valence-electron chi connectivity index (χ0n) is 10.5. The van der Waals surface area contributed by atoms with Gasteiger partial charge in [0.15, 0.2) is 6.29 Å². The van der Waals surface area contributed by atoms with Gasteiger partial charge in [-0.1, -0.05) is 12.1 Å². The number of aromatic nitrogens is 1. The first-order valence-corrected chi connectivity index (χ1v) is 6.48. The second kappa shape index (κ2) is 4.92. The molecule has 3 rings (SSSR count). The van der Waals surface area contributed by atoms with E-state index in [1.54, 1.807) is 12.3 Å². The number of pyridine rings is 1. The number of hydrogen-bond acceptors (Lipinski definition) is 2. The van der Waals surface area contributed by atoms with Crippen LogP contribution in [0.4, 0.5) is 4.39 Å². The minimum atomic E-state index is -0.449.